The number of imide groups is 1. The van der Waals surface area contributed by atoms with Crippen LogP contribution in [0.2, 0.25) is 0 Å². The lowest BCUT2D eigenvalue weighted by Crippen LogP contribution is -2.56. The number of nitrogens with one attached hydrogen (secondary N) is 4. The van der Waals surface area contributed by atoms with Gasteiger partial charge in [-0.2, -0.15) is 0 Å². The second-order valence-corrected chi connectivity index (χ2v) is 14.8. The summed E-state index contributed by atoms with van der Waals surface area (Å²) in [4.78, 5) is 78.6. The van der Waals surface area contributed by atoms with Crippen molar-refractivity contribution in [3.8, 4) is 0 Å². The molecule has 1 aliphatic heterocycles. The molecule has 49 heavy (non-hydrogen) atoms. The van der Waals surface area contributed by atoms with E-state index >= 15 is 0 Å². The lowest BCUT2D eigenvalue weighted by Gasteiger charge is -2.37. The zero-order valence-electron chi connectivity index (χ0n) is 29.2. The molecule has 0 spiro atoms. The van der Waals surface area contributed by atoms with Gasteiger partial charge >= 0.3 is 0 Å². The fourth-order valence-electron chi connectivity index (χ4n) is 7.03. The van der Waals surface area contributed by atoms with E-state index < -0.39 is 30.0 Å². The van der Waals surface area contributed by atoms with Crippen LogP contribution in [-0.2, 0) is 29.4 Å². The molecule has 6 atom stereocenters. The highest BCUT2D eigenvalue weighted by molar-refractivity contribution is 6.00. The van der Waals surface area contributed by atoms with Gasteiger partial charge in [-0.3, -0.25) is 33.7 Å². The Balaban J connectivity index is 1.27. The van der Waals surface area contributed by atoms with Crippen molar-refractivity contribution in [2.45, 2.75) is 121 Å². The van der Waals surface area contributed by atoms with E-state index in [1.165, 1.54) is 4.90 Å². The molecule has 0 aromatic heterocycles. The van der Waals surface area contributed by atoms with Gasteiger partial charge in [0.2, 0.25) is 29.5 Å². The van der Waals surface area contributed by atoms with Crippen LogP contribution in [0.1, 0.15) is 107 Å². The fourth-order valence-corrected chi connectivity index (χ4v) is 7.03. The van der Waals surface area contributed by atoms with Gasteiger partial charge in [0.05, 0.1) is 17.9 Å². The largest absolute Gasteiger partial charge is 0.353 e. The van der Waals surface area contributed by atoms with E-state index in [4.69, 9.17) is 11.5 Å². The summed E-state index contributed by atoms with van der Waals surface area (Å²) in [6, 6.07) is 5.37. The molecular weight excluding hydrogens is 626 g/mol. The molecule has 6 amide bonds. The molecule has 2 unspecified atom stereocenters. The Bertz CT molecular complexity index is 1360. The Hall–Kier alpha value is -3.84. The minimum absolute atomic E-state index is 0.0324. The van der Waals surface area contributed by atoms with Crippen LogP contribution in [0.4, 0.5) is 0 Å². The van der Waals surface area contributed by atoms with Gasteiger partial charge in [0.25, 0.3) is 5.91 Å². The fraction of sp³-hybridized carbons (Fsp3) is 0.667. The van der Waals surface area contributed by atoms with Crippen LogP contribution in [0.15, 0.2) is 24.3 Å². The Morgan fingerprint density at radius 3 is 1.78 bits per heavy atom. The van der Waals surface area contributed by atoms with Gasteiger partial charge in [0, 0.05) is 62.6 Å². The van der Waals surface area contributed by atoms with E-state index in [9.17, 15) is 28.8 Å². The number of amides is 6. The van der Waals surface area contributed by atoms with Crippen LogP contribution in [0.3, 0.4) is 0 Å². The molecule has 3 aliphatic rings. The van der Waals surface area contributed by atoms with Gasteiger partial charge in [-0.25, -0.2) is 0 Å². The molecule has 13 nitrogen and oxygen atoms in total. The van der Waals surface area contributed by atoms with Crippen molar-refractivity contribution in [1.29, 1.82) is 0 Å². The maximum atomic E-state index is 13.5. The summed E-state index contributed by atoms with van der Waals surface area (Å²) in [6.07, 6.45) is 6.15. The van der Waals surface area contributed by atoms with Gasteiger partial charge in [-0.05, 0) is 48.8 Å². The lowest BCUT2D eigenvalue weighted by atomic mass is 9.82. The summed E-state index contributed by atoms with van der Waals surface area (Å²) in [5.41, 5.74) is 13.4. The number of hydrogen-bond donors (Lipinski definition) is 6. The second-order valence-electron chi connectivity index (χ2n) is 14.8. The van der Waals surface area contributed by atoms with Crippen LogP contribution in [-0.4, -0.2) is 84.1 Å². The Kier molecular flexibility index (Phi) is 13.3. The molecular formula is C36H55N7O6. The van der Waals surface area contributed by atoms with Crippen LogP contribution < -0.4 is 32.7 Å². The third-order valence-electron chi connectivity index (χ3n) is 10.1. The summed E-state index contributed by atoms with van der Waals surface area (Å²) in [5.74, 6) is -2.55. The van der Waals surface area contributed by atoms with Crippen LogP contribution >= 0.6 is 0 Å². The monoisotopic (exact) mass is 681 g/mol. The number of carbonyl (C=O) groups is 6. The van der Waals surface area contributed by atoms with Gasteiger partial charge in [0.15, 0.2) is 0 Å². The first kappa shape index (κ1) is 38.0. The zero-order chi connectivity index (χ0) is 35.7. The van der Waals surface area contributed by atoms with Crippen molar-refractivity contribution in [3.05, 3.63) is 35.4 Å². The molecule has 2 saturated carbocycles. The maximum Gasteiger partial charge on any atom is 0.251 e. The third-order valence-corrected chi connectivity index (χ3v) is 10.1. The summed E-state index contributed by atoms with van der Waals surface area (Å²) in [7, 11) is 0. The maximum absolute atomic E-state index is 13.5. The number of rotatable bonds is 13. The van der Waals surface area contributed by atoms with Crippen molar-refractivity contribution < 1.29 is 28.8 Å². The molecule has 4 rings (SSSR count). The van der Waals surface area contributed by atoms with E-state index in [2.05, 4.69) is 42.0 Å². The van der Waals surface area contributed by atoms with Crippen molar-refractivity contribution >= 4 is 35.4 Å². The minimum Gasteiger partial charge on any atom is -0.353 e. The number of likely N-dealkylation sites (tertiary alicyclic amines) is 1. The molecule has 3 fully saturated rings. The lowest BCUT2D eigenvalue weighted by molar-refractivity contribution is -0.156. The average Bonchev–Trinajstić information content (AvgIpc) is 3.06. The first-order valence-electron chi connectivity index (χ1n) is 17.9. The van der Waals surface area contributed by atoms with Crippen molar-refractivity contribution in [3.63, 3.8) is 0 Å². The smallest absolute Gasteiger partial charge is 0.251 e. The van der Waals surface area contributed by atoms with Crippen LogP contribution in [0, 0.1) is 11.8 Å². The number of β-lactam (4-membered cyclic amide) rings is 1. The highest BCUT2D eigenvalue weighted by Gasteiger charge is 2.40. The van der Waals surface area contributed by atoms with Gasteiger partial charge in [-0.15, -0.1) is 0 Å². The SMILES string of the molecule is CC(C)(C)c1ccc(C(=O)NC(CN)CC(=O)N[C@@H]2CCCC[C@@H]2C(=O)NC(CN)CC(=O)N[C@@H]2CCCC[C@@H]2C(=O)N2CCC2=O)cc1. The minimum atomic E-state index is -0.630. The summed E-state index contributed by atoms with van der Waals surface area (Å²) >= 11 is 0. The van der Waals surface area contributed by atoms with E-state index in [0.29, 0.717) is 44.2 Å². The molecule has 13 heteroatoms. The summed E-state index contributed by atoms with van der Waals surface area (Å²) in [6.45, 7) is 6.83. The summed E-state index contributed by atoms with van der Waals surface area (Å²) < 4.78 is 0. The first-order chi connectivity index (χ1) is 23.3. The third kappa shape index (κ3) is 10.3. The standard InChI is InChI=1S/C36H55N7O6/c1-36(2,3)23-14-12-22(13-15-23)33(47)39-24(20-37)18-30(44)41-28-10-6-4-8-26(28)34(48)40-25(21-38)19-31(45)42-29-11-7-5-9-27(29)35(49)43-17-16-32(43)46/h12-15,24-29H,4-11,16-21,37-38H2,1-3H3,(H,39,47)(H,40,48)(H,41,44)(H,42,45)/t24?,25?,26-,27-,28+,29+/m0/s1. The van der Waals surface area contributed by atoms with Gasteiger partial charge < -0.3 is 32.7 Å². The Labute approximate surface area is 289 Å². The predicted octanol–water partition coefficient (Wildman–Crippen LogP) is 1.37. The van der Waals surface area contributed by atoms with E-state index in [1.807, 2.05) is 12.1 Å². The molecule has 1 aromatic carbocycles. The molecule has 270 valence electrons. The van der Waals surface area contributed by atoms with Crippen LogP contribution in [0.5, 0.6) is 0 Å². The van der Waals surface area contributed by atoms with Crippen LogP contribution in [0.25, 0.3) is 0 Å². The van der Waals surface area contributed by atoms with Gasteiger partial charge in [-0.1, -0.05) is 58.6 Å². The molecule has 1 saturated heterocycles. The topological polar surface area (TPSA) is 206 Å². The number of benzene rings is 1. The molecule has 8 N–H and O–H groups in total. The van der Waals surface area contributed by atoms with E-state index in [1.54, 1.807) is 12.1 Å². The van der Waals surface area contributed by atoms with Crippen molar-refractivity contribution in [1.82, 2.24) is 26.2 Å². The van der Waals surface area contributed by atoms with Gasteiger partial charge in [0.1, 0.15) is 0 Å². The first-order valence-corrected chi connectivity index (χ1v) is 17.9. The number of hydrogen-bond acceptors (Lipinski definition) is 8. The van der Waals surface area contributed by atoms with E-state index in [-0.39, 0.29) is 72.8 Å². The average molecular weight is 682 g/mol. The normalized spacial score (nSPS) is 23.8. The predicted molar refractivity (Wildman–Crippen MR) is 185 cm³/mol. The van der Waals surface area contributed by atoms with E-state index in [0.717, 1.165) is 31.2 Å². The molecule has 0 bridgehead atoms. The second kappa shape index (κ2) is 17.2. The highest BCUT2D eigenvalue weighted by Crippen LogP contribution is 2.29. The molecule has 2 aliphatic carbocycles. The quantitative estimate of drug-likeness (QED) is 0.132. The number of carbonyl (C=O) groups excluding carboxylic acids is 6. The zero-order valence-corrected chi connectivity index (χ0v) is 29.2. The molecule has 1 heterocycles. The molecule has 0 radical (unpaired) electrons. The van der Waals surface area contributed by atoms with Crippen molar-refractivity contribution in [2.24, 2.45) is 23.3 Å². The Morgan fingerprint density at radius 1 is 0.776 bits per heavy atom. The number of nitrogens with zero attached hydrogens (tertiary/aromatic N) is 1. The molecule has 1 aromatic rings. The highest BCUT2D eigenvalue weighted by atomic mass is 16.2. The van der Waals surface area contributed by atoms with Crippen molar-refractivity contribution in [2.75, 3.05) is 19.6 Å². The Morgan fingerprint density at radius 2 is 1.29 bits per heavy atom. The number of nitrogens with two attached hydrogens (primary N) is 2. The summed E-state index contributed by atoms with van der Waals surface area (Å²) in [5, 5.41) is 11.7.